The zero-order valence-electron chi connectivity index (χ0n) is 6.65. The van der Waals surface area contributed by atoms with E-state index in [9.17, 15) is 4.79 Å². The Balaban J connectivity index is 2.70. The summed E-state index contributed by atoms with van der Waals surface area (Å²) in [6.07, 6.45) is 1.25. The molecule has 1 atom stereocenters. The molecule has 0 aliphatic carbocycles. The van der Waals surface area contributed by atoms with E-state index >= 15 is 0 Å². The Labute approximate surface area is 69.2 Å². The Morgan fingerprint density at radius 1 is 1.92 bits per heavy atom. The number of hydrogen-bond donors (Lipinski definition) is 2. The van der Waals surface area contributed by atoms with Gasteiger partial charge >= 0.3 is 5.97 Å². The van der Waals surface area contributed by atoms with Crippen LogP contribution in [-0.4, -0.2) is 16.1 Å². The summed E-state index contributed by atoms with van der Waals surface area (Å²) in [6.45, 7) is 1.74. The predicted octanol–water partition coefficient (Wildman–Crippen LogP) is 0.321. The molecule has 0 aliphatic rings. The van der Waals surface area contributed by atoms with Crippen molar-refractivity contribution >= 4 is 5.97 Å². The van der Waals surface area contributed by atoms with Crippen molar-refractivity contribution in [3.63, 3.8) is 0 Å². The van der Waals surface area contributed by atoms with Crippen LogP contribution in [0.15, 0.2) is 10.6 Å². The summed E-state index contributed by atoms with van der Waals surface area (Å²) in [5.74, 6) is -0.269. The van der Waals surface area contributed by atoms with E-state index in [1.165, 1.54) is 6.20 Å². The molecule has 5 heteroatoms. The van der Waals surface area contributed by atoms with Gasteiger partial charge in [0, 0.05) is 0 Å². The number of carbonyl (C=O) groups is 1. The van der Waals surface area contributed by atoms with Gasteiger partial charge in [0.2, 0.25) is 5.89 Å². The molecule has 0 saturated carbocycles. The van der Waals surface area contributed by atoms with E-state index < -0.39 is 5.97 Å². The number of aliphatic carboxylic acids is 1. The average Bonchev–Trinajstić information content (AvgIpc) is 2.34. The largest absolute Gasteiger partial charge is 0.481 e. The van der Waals surface area contributed by atoms with Crippen LogP contribution in [0.5, 0.6) is 0 Å². The molecule has 1 aromatic rings. The molecule has 0 aliphatic heterocycles. The van der Waals surface area contributed by atoms with E-state index in [4.69, 9.17) is 15.3 Å². The molecule has 0 radical (unpaired) electrons. The highest BCUT2D eigenvalue weighted by Gasteiger charge is 2.09. The maximum Gasteiger partial charge on any atom is 0.312 e. The third kappa shape index (κ3) is 2.06. The maximum absolute atomic E-state index is 10.2. The molecule has 1 aromatic heterocycles. The summed E-state index contributed by atoms with van der Waals surface area (Å²) in [6, 6.07) is -0.250. The minimum atomic E-state index is -0.965. The minimum Gasteiger partial charge on any atom is -0.481 e. The number of rotatable bonds is 3. The Hall–Kier alpha value is -1.36. The number of carboxylic acid groups (broad SMARTS) is 1. The number of carboxylic acids is 1. The lowest BCUT2D eigenvalue weighted by atomic mass is 10.3. The Kier molecular flexibility index (Phi) is 2.44. The first-order chi connectivity index (χ1) is 5.59. The lowest BCUT2D eigenvalue weighted by Gasteiger charge is -1.96. The fraction of sp³-hybridized carbons (Fsp3) is 0.429. The normalized spacial score (nSPS) is 12.8. The summed E-state index contributed by atoms with van der Waals surface area (Å²) in [4.78, 5) is 14.0. The Bertz CT molecular complexity index is 280. The van der Waals surface area contributed by atoms with E-state index in [2.05, 4.69) is 4.98 Å². The van der Waals surface area contributed by atoms with Gasteiger partial charge in [-0.05, 0) is 6.92 Å². The molecule has 1 heterocycles. The highest BCUT2D eigenvalue weighted by atomic mass is 16.4. The van der Waals surface area contributed by atoms with E-state index in [0.717, 1.165) is 0 Å². The topological polar surface area (TPSA) is 89.3 Å². The summed E-state index contributed by atoms with van der Waals surface area (Å²) >= 11 is 0. The third-order valence-corrected chi connectivity index (χ3v) is 1.32. The number of aromatic nitrogens is 1. The van der Waals surface area contributed by atoms with Crippen LogP contribution in [0.4, 0.5) is 0 Å². The second-order valence-electron chi connectivity index (χ2n) is 2.52. The molecule has 3 N–H and O–H groups in total. The van der Waals surface area contributed by atoms with Gasteiger partial charge in [0.15, 0.2) is 0 Å². The van der Waals surface area contributed by atoms with Crippen molar-refractivity contribution in [2.75, 3.05) is 0 Å². The Morgan fingerprint density at radius 2 is 2.58 bits per heavy atom. The van der Waals surface area contributed by atoms with Crippen LogP contribution in [0.3, 0.4) is 0 Å². The fourth-order valence-corrected chi connectivity index (χ4v) is 0.746. The van der Waals surface area contributed by atoms with Gasteiger partial charge in [-0.25, -0.2) is 4.98 Å². The van der Waals surface area contributed by atoms with Crippen LogP contribution >= 0.6 is 0 Å². The van der Waals surface area contributed by atoms with Gasteiger partial charge in [0.1, 0.15) is 12.2 Å². The smallest absolute Gasteiger partial charge is 0.312 e. The number of oxazole rings is 1. The quantitative estimate of drug-likeness (QED) is 0.681. The molecular formula is C7H10N2O3. The minimum absolute atomic E-state index is 0.190. The lowest BCUT2D eigenvalue weighted by Crippen LogP contribution is -2.03. The molecule has 0 saturated heterocycles. The Morgan fingerprint density at radius 3 is 3.00 bits per heavy atom. The first-order valence-electron chi connectivity index (χ1n) is 3.51. The molecule has 0 fully saturated rings. The fourth-order valence-electron chi connectivity index (χ4n) is 0.746. The predicted molar refractivity (Wildman–Crippen MR) is 40.4 cm³/mol. The standard InChI is InChI=1S/C7H10N2O3/c1-4(8)5-3-9-6(12-5)2-7(10)11/h3-4H,2,8H2,1H3,(H,10,11). The van der Waals surface area contributed by atoms with Crippen LogP contribution in [0.1, 0.15) is 24.6 Å². The maximum atomic E-state index is 10.2. The molecule has 0 aromatic carbocycles. The summed E-state index contributed by atoms with van der Waals surface area (Å²) in [5, 5.41) is 8.38. The van der Waals surface area contributed by atoms with Crippen molar-refractivity contribution in [1.82, 2.24) is 4.98 Å². The van der Waals surface area contributed by atoms with Crippen molar-refractivity contribution in [1.29, 1.82) is 0 Å². The zero-order chi connectivity index (χ0) is 9.14. The van der Waals surface area contributed by atoms with Gasteiger partial charge < -0.3 is 15.3 Å². The summed E-state index contributed by atoms with van der Waals surface area (Å²) in [5.41, 5.74) is 5.48. The van der Waals surface area contributed by atoms with Crippen molar-refractivity contribution in [2.24, 2.45) is 5.73 Å². The van der Waals surface area contributed by atoms with Crippen molar-refractivity contribution in [3.05, 3.63) is 17.8 Å². The SMILES string of the molecule is CC(N)c1cnc(CC(=O)O)o1. The second-order valence-corrected chi connectivity index (χ2v) is 2.52. The van der Waals surface area contributed by atoms with E-state index in [-0.39, 0.29) is 18.4 Å². The van der Waals surface area contributed by atoms with Crippen LogP contribution in [0.25, 0.3) is 0 Å². The summed E-state index contributed by atoms with van der Waals surface area (Å²) in [7, 11) is 0. The van der Waals surface area contributed by atoms with Gasteiger partial charge in [0.05, 0.1) is 12.2 Å². The molecule has 12 heavy (non-hydrogen) atoms. The van der Waals surface area contributed by atoms with Crippen molar-refractivity contribution in [2.45, 2.75) is 19.4 Å². The number of hydrogen-bond acceptors (Lipinski definition) is 4. The number of nitrogens with zero attached hydrogens (tertiary/aromatic N) is 1. The van der Waals surface area contributed by atoms with Gasteiger partial charge in [-0.1, -0.05) is 0 Å². The average molecular weight is 170 g/mol. The summed E-state index contributed by atoms with van der Waals surface area (Å²) < 4.78 is 5.04. The molecule has 0 bridgehead atoms. The lowest BCUT2D eigenvalue weighted by molar-refractivity contribution is -0.136. The van der Waals surface area contributed by atoms with Crippen LogP contribution in [0, 0.1) is 0 Å². The van der Waals surface area contributed by atoms with Gasteiger partial charge in [-0.15, -0.1) is 0 Å². The van der Waals surface area contributed by atoms with Crippen molar-refractivity contribution in [3.8, 4) is 0 Å². The van der Waals surface area contributed by atoms with E-state index in [1.807, 2.05) is 0 Å². The molecule has 0 amide bonds. The molecule has 66 valence electrons. The first-order valence-corrected chi connectivity index (χ1v) is 3.51. The van der Waals surface area contributed by atoms with Crippen LogP contribution in [0.2, 0.25) is 0 Å². The van der Waals surface area contributed by atoms with Crippen LogP contribution in [-0.2, 0) is 11.2 Å². The van der Waals surface area contributed by atoms with E-state index in [1.54, 1.807) is 6.92 Å². The van der Waals surface area contributed by atoms with Crippen molar-refractivity contribution < 1.29 is 14.3 Å². The molecule has 1 unspecified atom stereocenters. The second kappa shape index (κ2) is 3.36. The van der Waals surface area contributed by atoms with Crippen LogP contribution < -0.4 is 5.73 Å². The molecular weight excluding hydrogens is 160 g/mol. The first kappa shape index (κ1) is 8.73. The number of nitrogens with two attached hydrogens (primary N) is 1. The van der Waals surface area contributed by atoms with Gasteiger partial charge in [0.25, 0.3) is 0 Å². The molecule has 1 rings (SSSR count). The highest BCUT2D eigenvalue weighted by Crippen LogP contribution is 2.10. The van der Waals surface area contributed by atoms with Gasteiger partial charge in [-0.3, -0.25) is 4.79 Å². The monoisotopic (exact) mass is 170 g/mol. The van der Waals surface area contributed by atoms with E-state index in [0.29, 0.717) is 5.76 Å². The molecule has 0 spiro atoms. The molecule has 5 nitrogen and oxygen atoms in total. The van der Waals surface area contributed by atoms with Gasteiger partial charge in [-0.2, -0.15) is 0 Å². The third-order valence-electron chi connectivity index (χ3n) is 1.32. The highest BCUT2D eigenvalue weighted by molar-refractivity contribution is 5.68. The zero-order valence-corrected chi connectivity index (χ0v) is 6.65.